The van der Waals surface area contributed by atoms with Crippen LogP contribution in [0.5, 0.6) is 0 Å². The number of unbranched alkanes of at least 4 members (excludes halogenated alkanes) is 1. The molecule has 0 aliphatic heterocycles. The molecule has 0 aliphatic carbocycles. The molecule has 2 aromatic carbocycles. The van der Waals surface area contributed by atoms with E-state index in [9.17, 15) is 0 Å². The van der Waals surface area contributed by atoms with Crippen LogP contribution in [0.25, 0.3) is 21.8 Å². The summed E-state index contributed by atoms with van der Waals surface area (Å²) >= 11 is 0. The average Bonchev–Trinajstić information content (AvgIpc) is 2.79. The molecule has 0 amide bonds. The Morgan fingerprint density at radius 3 is 2.61 bits per heavy atom. The monoisotopic (exact) mass is 239 g/mol. The number of hydrogen-bond acceptors (Lipinski definition) is 1. The number of H-pyrrole nitrogens is 1. The quantitative estimate of drug-likeness (QED) is 0.670. The molecule has 2 N–H and O–H groups in total. The zero-order valence-corrected chi connectivity index (χ0v) is 10.3. The summed E-state index contributed by atoms with van der Waals surface area (Å²) in [5.41, 5.74) is 3.79. The first kappa shape index (κ1) is 11.3. The molecule has 0 atom stereocenters. The number of aliphatic hydroxyl groups excluding tert-OH is 1. The number of aliphatic hydroxyl groups is 1. The van der Waals surface area contributed by atoms with Crippen molar-refractivity contribution in [3.63, 3.8) is 0 Å². The van der Waals surface area contributed by atoms with Crippen molar-refractivity contribution in [2.24, 2.45) is 0 Å². The van der Waals surface area contributed by atoms with Crippen molar-refractivity contribution >= 4 is 21.8 Å². The van der Waals surface area contributed by atoms with Crippen LogP contribution in [0.2, 0.25) is 0 Å². The zero-order chi connectivity index (χ0) is 12.4. The van der Waals surface area contributed by atoms with E-state index in [2.05, 4.69) is 47.4 Å². The maximum Gasteiger partial charge on any atom is 0.0497 e. The van der Waals surface area contributed by atoms with Gasteiger partial charge in [0.2, 0.25) is 0 Å². The Labute approximate surface area is 106 Å². The van der Waals surface area contributed by atoms with Crippen LogP contribution in [0.4, 0.5) is 0 Å². The number of aromatic amines is 1. The van der Waals surface area contributed by atoms with Crippen molar-refractivity contribution in [2.45, 2.75) is 19.3 Å². The van der Waals surface area contributed by atoms with Crippen LogP contribution in [0, 0.1) is 0 Å². The second-order valence-electron chi connectivity index (χ2n) is 4.69. The van der Waals surface area contributed by atoms with Gasteiger partial charge in [-0.3, -0.25) is 0 Å². The van der Waals surface area contributed by atoms with Gasteiger partial charge < -0.3 is 10.1 Å². The molecular weight excluding hydrogens is 222 g/mol. The molecule has 0 radical (unpaired) electrons. The van der Waals surface area contributed by atoms with Gasteiger partial charge in [-0.2, -0.15) is 0 Å². The van der Waals surface area contributed by atoms with Crippen LogP contribution in [-0.2, 0) is 6.42 Å². The van der Waals surface area contributed by atoms with Gasteiger partial charge in [-0.25, -0.2) is 0 Å². The number of benzene rings is 2. The molecular formula is C16H17NO. The van der Waals surface area contributed by atoms with Gasteiger partial charge in [0.15, 0.2) is 0 Å². The first-order valence-corrected chi connectivity index (χ1v) is 6.49. The third-order valence-electron chi connectivity index (χ3n) is 3.48. The highest BCUT2D eigenvalue weighted by molar-refractivity contribution is 6.08. The summed E-state index contributed by atoms with van der Waals surface area (Å²) in [4.78, 5) is 3.51. The summed E-state index contributed by atoms with van der Waals surface area (Å²) in [5, 5.41) is 11.5. The molecule has 0 fully saturated rings. The minimum absolute atomic E-state index is 0.280. The van der Waals surface area contributed by atoms with Gasteiger partial charge in [0.1, 0.15) is 0 Å². The minimum atomic E-state index is 0.280. The second kappa shape index (κ2) is 4.83. The van der Waals surface area contributed by atoms with Crippen molar-refractivity contribution in [3.8, 4) is 0 Å². The lowest BCUT2D eigenvalue weighted by atomic mass is 10.0. The summed E-state index contributed by atoms with van der Waals surface area (Å²) < 4.78 is 0. The van der Waals surface area contributed by atoms with Crippen molar-refractivity contribution in [1.82, 2.24) is 4.98 Å². The lowest BCUT2D eigenvalue weighted by Gasteiger charge is -2.02. The summed E-state index contributed by atoms with van der Waals surface area (Å²) in [5.74, 6) is 0. The number of hydrogen-bond donors (Lipinski definition) is 2. The fourth-order valence-corrected chi connectivity index (χ4v) is 2.57. The standard InChI is InChI=1S/C16H17NO/c18-11-4-3-6-12-7-5-9-14-13-8-1-2-10-15(13)17-16(12)14/h1-2,5,7-10,17-18H,3-4,6,11H2. The number of aryl methyl sites for hydroxylation is 1. The topological polar surface area (TPSA) is 36.0 Å². The lowest BCUT2D eigenvalue weighted by molar-refractivity contribution is 0.284. The molecule has 1 heterocycles. The Balaban J connectivity index is 2.09. The first-order valence-electron chi connectivity index (χ1n) is 6.49. The van der Waals surface area contributed by atoms with Crippen LogP contribution in [-0.4, -0.2) is 16.7 Å². The fraction of sp³-hybridized carbons (Fsp3) is 0.250. The van der Waals surface area contributed by atoms with Gasteiger partial charge in [-0.15, -0.1) is 0 Å². The van der Waals surface area contributed by atoms with E-state index in [1.165, 1.54) is 27.4 Å². The molecule has 2 nitrogen and oxygen atoms in total. The summed E-state index contributed by atoms with van der Waals surface area (Å²) in [6.45, 7) is 0.280. The molecule has 1 aromatic heterocycles. The van der Waals surface area contributed by atoms with Gasteiger partial charge in [0.05, 0.1) is 0 Å². The fourth-order valence-electron chi connectivity index (χ4n) is 2.57. The largest absolute Gasteiger partial charge is 0.396 e. The third kappa shape index (κ3) is 1.89. The first-order chi connectivity index (χ1) is 8.90. The van der Waals surface area contributed by atoms with Crippen LogP contribution in [0.15, 0.2) is 42.5 Å². The Morgan fingerprint density at radius 1 is 0.889 bits per heavy atom. The molecule has 18 heavy (non-hydrogen) atoms. The summed E-state index contributed by atoms with van der Waals surface area (Å²) in [6, 6.07) is 14.9. The highest BCUT2D eigenvalue weighted by Crippen LogP contribution is 2.28. The van der Waals surface area contributed by atoms with E-state index < -0.39 is 0 Å². The van der Waals surface area contributed by atoms with E-state index in [-0.39, 0.29) is 6.61 Å². The van der Waals surface area contributed by atoms with Crippen molar-refractivity contribution in [3.05, 3.63) is 48.0 Å². The van der Waals surface area contributed by atoms with E-state index in [0.29, 0.717) is 0 Å². The Bertz CT molecular complexity index is 669. The van der Waals surface area contributed by atoms with Crippen LogP contribution < -0.4 is 0 Å². The van der Waals surface area contributed by atoms with Gasteiger partial charge >= 0.3 is 0 Å². The summed E-state index contributed by atoms with van der Waals surface area (Å²) in [7, 11) is 0. The second-order valence-corrected chi connectivity index (χ2v) is 4.69. The highest BCUT2D eigenvalue weighted by Gasteiger charge is 2.06. The van der Waals surface area contributed by atoms with Crippen molar-refractivity contribution in [1.29, 1.82) is 0 Å². The van der Waals surface area contributed by atoms with Crippen LogP contribution >= 0.6 is 0 Å². The van der Waals surface area contributed by atoms with Gasteiger partial charge in [-0.1, -0.05) is 36.4 Å². The maximum atomic E-state index is 8.86. The van der Waals surface area contributed by atoms with E-state index in [1.807, 2.05) is 0 Å². The van der Waals surface area contributed by atoms with Crippen LogP contribution in [0.3, 0.4) is 0 Å². The normalized spacial score (nSPS) is 11.4. The molecule has 0 saturated heterocycles. The molecule has 0 aliphatic rings. The Morgan fingerprint density at radius 2 is 1.72 bits per heavy atom. The predicted octanol–water partition coefficient (Wildman–Crippen LogP) is 3.64. The number of fused-ring (bicyclic) bond motifs is 3. The van der Waals surface area contributed by atoms with Crippen LogP contribution in [0.1, 0.15) is 18.4 Å². The molecule has 0 bridgehead atoms. The summed E-state index contributed by atoms with van der Waals surface area (Å²) in [6.07, 6.45) is 2.92. The van der Waals surface area contributed by atoms with E-state index in [0.717, 1.165) is 19.3 Å². The lowest BCUT2D eigenvalue weighted by Crippen LogP contribution is -1.89. The van der Waals surface area contributed by atoms with Gasteiger partial charge in [0.25, 0.3) is 0 Å². The van der Waals surface area contributed by atoms with E-state index in [1.54, 1.807) is 0 Å². The molecule has 0 unspecified atom stereocenters. The van der Waals surface area contributed by atoms with Crippen molar-refractivity contribution < 1.29 is 5.11 Å². The molecule has 92 valence electrons. The molecule has 0 saturated carbocycles. The average molecular weight is 239 g/mol. The third-order valence-corrected chi connectivity index (χ3v) is 3.48. The number of nitrogens with one attached hydrogen (secondary N) is 1. The Kier molecular flexibility index (Phi) is 3.03. The number of aromatic nitrogens is 1. The predicted molar refractivity (Wildman–Crippen MR) is 75.8 cm³/mol. The van der Waals surface area contributed by atoms with Gasteiger partial charge in [0, 0.05) is 28.4 Å². The van der Waals surface area contributed by atoms with E-state index >= 15 is 0 Å². The Hall–Kier alpha value is -1.80. The molecule has 2 heteroatoms. The van der Waals surface area contributed by atoms with Crippen molar-refractivity contribution in [2.75, 3.05) is 6.61 Å². The zero-order valence-electron chi connectivity index (χ0n) is 10.3. The molecule has 3 rings (SSSR count). The number of para-hydroxylation sites is 2. The molecule has 3 aromatic rings. The van der Waals surface area contributed by atoms with E-state index in [4.69, 9.17) is 5.11 Å². The smallest absolute Gasteiger partial charge is 0.0497 e. The van der Waals surface area contributed by atoms with Gasteiger partial charge in [-0.05, 0) is 30.9 Å². The molecule has 0 spiro atoms. The minimum Gasteiger partial charge on any atom is -0.396 e. The maximum absolute atomic E-state index is 8.86. The highest BCUT2D eigenvalue weighted by atomic mass is 16.2. The SMILES string of the molecule is OCCCCc1cccc2c1[nH]c1ccccc12. The number of rotatable bonds is 4.